The Hall–Kier alpha value is 2.09. The van der Waals surface area contributed by atoms with E-state index in [0.717, 1.165) is 0 Å². The molecule has 0 amide bonds. The Morgan fingerprint density at radius 3 is 1.14 bits per heavy atom. The number of hydrogen-bond donors (Lipinski definition) is 0. The minimum absolute atomic E-state index is 0. The van der Waals surface area contributed by atoms with Crippen molar-refractivity contribution in [3.8, 4) is 0 Å². The third-order valence-electron chi connectivity index (χ3n) is 5.12. The summed E-state index contributed by atoms with van der Waals surface area (Å²) in [6.45, 7) is 25.8. The zero-order chi connectivity index (χ0) is 21.3. The van der Waals surface area contributed by atoms with Crippen LogP contribution in [0.1, 0.15) is 41.5 Å². The minimum atomic E-state index is -1.57. The van der Waals surface area contributed by atoms with E-state index in [2.05, 4.69) is 135 Å². The molecule has 2 rings (SSSR count). The van der Waals surface area contributed by atoms with Gasteiger partial charge in [0.15, 0.2) is 0 Å². The molecular weight excluding hydrogens is 517 g/mol. The molecule has 2 saturated carbocycles. The Kier molecular flexibility index (Phi) is 12.1. The van der Waals surface area contributed by atoms with E-state index in [1.54, 1.807) is 11.1 Å². The van der Waals surface area contributed by atoms with Gasteiger partial charge in [-0.15, -0.1) is 0 Å². The summed E-state index contributed by atoms with van der Waals surface area (Å²) in [5, 5.41) is 0. The smallest absolute Gasteiger partial charge is 0 e. The van der Waals surface area contributed by atoms with Gasteiger partial charge in [0.2, 0.25) is 0 Å². The van der Waals surface area contributed by atoms with Crippen molar-refractivity contribution in [2.75, 3.05) is 0 Å². The Morgan fingerprint density at radius 1 is 0.679 bits per heavy atom. The van der Waals surface area contributed by atoms with Crippen molar-refractivity contribution >= 4 is 38.4 Å². The molecule has 154 valence electrons. The quantitative estimate of drug-likeness (QED) is 0.332. The average molecular weight is 558 g/mol. The SMILES string of the molecule is CC(C)(C)[C]1[CH][CH][C]([Si](C)(C)[C]2[CH][CH][C](C(C)(C)C)[CH]2)[CH]1.C[Si](C)(C)C[Te].[Sc]. The van der Waals surface area contributed by atoms with Gasteiger partial charge in [-0.1, -0.05) is 54.6 Å². The van der Waals surface area contributed by atoms with Crippen LogP contribution in [0.25, 0.3) is 0 Å². The van der Waals surface area contributed by atoms with Crippen LogP contribution in [0.5, 0.6) is 0 Å². The monoisotopic (exact) mass is 560 g/mol. The first-order valence-corrected chi connectivity index (χ1v) is 18.5. The van der Waals surface area contributed by atoms with Crippen molar-refractivity contribution in [2.45, 2.75) is 78.4 Å². The van der Waals surface area contributed by atoms with Crippen molar-refractivity contribution in [2.24, 2.45) is 10.8 Å². The summed E-state index contributed by atoms with van der Waals surface area (Å²) < 4.78 is 1.42. The van der Waals surface area contributed by atoms with Crippen molar-refractivity contribution in [1.29, 1.82) is 0 Å². The second-order valence-corrected chi connectivity index (χ2v) is 23.9. The minimum Gasteiger partial charge on any atom is 0 e. The predicted octanol–water partition coefficient (Wildman–Crippen LogP) is 6.86. The Morgan fingerprint density at radius 2 is 0.964 bits per heavy atom. The summed E-state index contributed by atoms with van der Waals surface area (Å²) >= 11 is 2.21. The zero-order valence-corrected chi connectivity index (χ0v) is 26.3. The molecule has 0 atom stereocenters. The second-order valence-electron chi connectivity index (χ2n) is 11.6. The molecule has 0 aliphatic heterocycles. The molecule has 0 nitrogen and oxygen atoms in total. The summed E-state index contributed by atoms with van der Waals surface area (Å²) in [7, 11) is -2.20. The van der Waals surface area contributed by atoms with Crippen LogP contribution in [-0.2, 0) is 25.8 Å². The van der Waals surface area contributed by atoms with Crippen LogP contribution in [0.2, 0.25) is 36.8 Å². The van der Waals surface area contributed by atoms with Gasteiger partial charge in [-0.05, 0) is 72.3 Å². The molecule has 0 spiro atoms. The van der Waals surface area contributed by atoms with Crippen LogP contribution in [-0.4, -0.2) is 38.4 Å². The molecule has 28 heavy (non-hydrogen) atoms. The van der Waals surface area contributed by atoms with Gasteiger partial charge in [0, 0.05) is 25.8 Å². The Balaban J connectivity index is 0.000000910. The van der Waals surface area contributed by atoms with Crippen LogP contribution in [0.4, 0.5) is 0 Å². The molecule has 4 heteroatoms. The molecule has 0 aromatic carbocycles. The van der Waals surface area contributed by atoms with E-state index >= 15 is 0 Å². The molecular formula is C24H41ScSi2Te. The van der Waals surface area contributed by atoms with Gasteiger partial charge in [0.05, 0.1) is 8.07 Å². The van der Waals surface area contributed by atoms with Crippen molar-refractivity contribution < 1.29 is 25.8 Å². The molecule has 0 bridgehead atoms. The first-order chi connectivity index (χ1) is 12.0. The van der Waals surface area contributed by atoms with Gasteiger partial charge in [-0.3, -0.25) is 0 Å². The van der Waals surface area contributed by atoms with Crippen LogP contribution >= 0.6 is 0 Å². The summed E-state index contributed by atoms with van der Waals surface area (Å²) in [5.41, 5.74) is 3.59. The summed E-state index contributed by atoms with van der Waals surface area (Å²) in [6, 6.07) is 0. The van der Waals surface area contributed by atoms with E-state index in [0.29, 0.717) is 0 Å². The molecule has 2 aliphatic rings. The molecule has 0 N–H and O–H groups in total. The van der Waals surface area contributed by atoms with Gasteiger partial charge in [0.25, 0.3) is 0 Å². The third-order valence-corrected chi connectivity index (χ3v) is 16.9. The standard InChI is InChI=1S/C20H30Si.C4H11SiTe.Sc/c1-19(2,3)15-9-11-17(13-15)21(7,8)18-12-10-16(14-18)20(4,5)6;1-5(2,3)4-6;/h9-14H,1-8H3;4H2,1-3H3;. The number of hydrogen-bond acceptors (Lipinski definition) is 0. The van der Waals surface area contributed by atoms with Gasteiger partial charge < -0.3 is 0 Å². The van der Waals surface area contributed by atoms with E-state index in [1.165, 1.54) is 15.9 Å². The van der Waals surface area contributed by atoms with Crippen molar-refractivity contribution in [3.05, 3.63) is 61.4 Å². The van der Waals surface area contributed by atoms with Crippen LogP contribution in [0.3, 0.4) is 0 Å². The molecule has 0 aromatic rings. The fourth-order valence-electron chi connectivity index (χ4n) is 2.76. The largest absolute Gasteiger partial charge is 0 e. The second kappa shape index (κ2) is 11.3. The summed E-state index contributed by atoms with van der Waals surface area (Å²) in [4.78, 5) is 0. The molecule has 0 unspecified atom stereocenters. The summed E-state index contributed by atoms with van der Waals surface area (Å²) in [6.07, 6.45) is 14.2. The molecule has 2 fully saturated rings. The van der Waals surface area contributed by atoms with E-state index < -0.39 is 16.1 Å². The first-order valence-electron chi connectivity index (χ1n) is 10.1. The molecule has 12 radical (unpaired) electrons. The maximum absolute atomic E-state index is 2.47. The van der Waals surface area contributed by atoms with Gasteiger partial charge >= 0.3 is 54.1 Å². The van der Waals surface area contributed by atoms with Crippen LogP contribution in [0, 0.1) is 72.3 Å². The maximum atomic E-state index is 2.47. The van der Waals surface area contributed by atoms with Crippen molar-refractivity contribution in [1.82, 2.24) is 0 Å². The number of rotatable bonds is 3. The normalized spacial score (nSPS) is 21.4. The average Bonchev–Trinajstić information content (AvgIpc) is 3.16. The Labute approximate surface area is 213 Å². The fraction of sp³-hybridized carbons (Fsp3) is 0.583. The molecule has 0 saturated heterocycles. The van der Waals surface area contributed by atoms with E-state index in [-0.39, 0.29) is 36.7 Å². The molecule has 0 heterocycles. The van der Waals surface area contributed by atoms with Gasteiger partial charge in [-0.2, -0.15) is 0 Å². The van der Waals surface area contributed by atoms with E-state index in [4.69, 9.17) is 0 Å². The van der Waals surface area contributed by atoms with Gasteiger partial charge in [-0.25, -0.2) is 0 Å². The topological polar surface area (TPSA) is 0 Å². The Bertz CT molecular complexity index is 423. The predicted molar refractivity (Wildman–Crippen MR) is 129 cm³/mol. The van der Waals surface area contributed by atoms with Crippen LogP contribution in [0.15, 0.2) is 0 Å². The van der Waals surface area contributed by atoms with Crippen LogP contribution < -0.4 is 0 Å². The zero-order valence-electron chi connectivity index (χ0n) is 20.2. The molecule has 2 aliphatic carbocycles. The van der Waals surface area contributed by atoms with E-state index in [9.17, 15) is 0 Å². The fourth-order valence-corrected chi connectivity index (χ4v) is 5.13. The molecule has 0 aromatic heterocycles. The first kappa shape index (κ1) is 30.1. The van der Waals surface area contributed by atoms with E-state index in [1.807, 2.05) is 0 Å². The summed E-state index contributed by atoms with van der Waals surface area (Å²) in [5.74, 6) is 2.92. The third kappa shape index (κ3) is 9.30. The van der Waals surface area contributed by atoms with Crippen molar-refractivity contribution in [3.63, 3.8) is 0 Å². The maximum Gasteiger partial charge on any atom is 0 e. The van der Waals surface area contributed by atoms with Gasteiger partial charge in [0.1, 0.15) is 0 Å².